The molecule has 0 N–H and O–H groups in total. The Hall–Kier alpha value is -1.16. The van der Waals surface area contributed by atoms with E-state index in [1.165, 1.54) is 12.0 Å². The van der Waals surface area contributed by atoms with Crippen molar-refractivity contribution in [2.45, 2.75) is 32.7 Å². The first-order chi connectivity index (χ1) is 8.72. The van der Waals surface area contributed by atoms with Gasteiger partial charge in [0.15, 0.2) is 0 Å². The molecule has 4 heteroatoms. The standard InChI is InChI=1S/C14H16BrN3/c1-10-5-6-13-16-17-14(18(13)9-10)8-11-3-2-4-12(15)7-11/h2-4,7,10H,5-6,8-9H2,1H3. The van der Waals surface area contributed by atoms with Gasteiger partial charge in [-0.25, -0.2) is 0 Å². The highest BCUT2D eigenvalue weighted by Crippen LogP contribution is 2.21. The number of aryl methyl sites for hydroxylation is 1. The lowest BCUT2D eigenvalue weighted by molar-refractivity contribution is 0.387. The molecule has 0 saturated heterocycles. The summed E-state index contributed by atoms with van der Waals surface area (Å²) in [6.07, 6.45) is 3.15. The summed E-state index contributed by atoms with van der Waals surface area (Å²) >= 11 is 3.51. The van der Waals surface area contributed by atoms with Gasteiger partial charge >= 0.3 is 0 Å². The average molecular weight is 306 g/mol. The van der Waals surface area contributed by atoms with Crippen LogP contribution < -0.4 is 0 Å². The summed E-state index contributed by atoms with van der Waals surface area (Å²) < 4.78 is 3.42. The topological polar surface area (TPSA) is 30.7 Å². The van der Waals surface area contributed by atoms with Crippen LogP contribution >= 0.6 is 15.9 Å². The molecule has 3 nitrogen and oxygen atoms in total. The van der Waals surface area contributed by atoms with Gasteiger partial charge in [-0.15, -0.1) is 10.2 Å². The fraction of sp³-hybridized carbons (Fsp3) is 0.429. The van der Waals surface area contributed by atoms with Gasteiger partial charge in [0.25, 0.3) is 0 Å². The molecule has 2 heterocycles. The van der Waals surface area contributed by atoms with Crippen molar-refractivity contribution in [2.24, 2.45) is 5.92 Å². The zero-order valence-electron chi connectivity index (χ0n) is 10.4. The molecule has 1 atom stereocenters. The molecule has 0 spiro atoms. The third kappa shape index (κ3) is 2.34. The average Bonchev–Trinajstić information content (AvgIpc) is 2.72. The molecule has 0 radical (unpaired) electrons. The van der Waals surface area contributed by atoms with Gasteiger partial charge in [0.1, 0.15) is 11.6 Å². The van der Waals surface area contributed by atoms with E-state index in [0.717, 1.165) is 41.4 Å². The number of rotatable bonds is 2. The third-order valence-corrected chi connectivity index (χ3v) is 4.00. The van der Waals surface area contributed by atoms with E-state index in [0.29, 0.717) is 0 Å². The van der Waals surface area contributed by atoms with E-state index in [-0.39, 0.29) is 0 Å². The van der Waals surface area contributed by atoms with Crippen LogP contribution in [0.2, 0.25) is 0 Å². The van der Waals surface area contributed by atoms with Gasteiger partial charge in [-0.05, 0) is 30.0 Å². The second-order valence-corrected chi connectivity index (χ2v) is 6.01. The van der Waals surface area contributed by atoms with Crippen LogP contribution in [0.3, 0.4) is 0 Å². The smallest absolute Gasteiger partial charge is 0.137 e. The van der Waals surface area contributed by atoms with Gasteiger partial charge in [-0.3, -0.25) is 0 Å². The van der Waals surface area contributed by atoms with Crippen LogP contribution in [-0.2, 0) is 19.4 Å². The molecule has 1 aromatic heterocycles. The number of hydrogen-bond acceptors (Lipinski definition) is 2. The van der Waals surface area contributed by atoms with Crippen LogP contribution in [0.1, 0.15) is 30.6 Å². The van der Waals surface area contributed by atoms with Crippen LogP contribution in [0.5, 0.6) is 0 Å². The predicted octanol–water partition coefficient (Wildman–Crippen LogP) is 3.21. The van der Waals surface area contributed by atoms with Gasteiger partial charge in [-0.2, -0.15) is 0 Å². The first-order valence-corrected chi connectivity index (χ1v) is 7.17. The molecule has 1 aliphatic heterocycles. The van der Waals surface area contributed by atoms with Gasteiger partial charge < -0.3 is 4.57 Å². The van der Waals surface area contributed by atoms with Crippen LogP contribution in [0.25, 0.3) is 0 Å². The Labute approximate surface area is 115 Å². The van der Waals surface area contributed by atoms with Crippen molar-refractivity contribution in [1.29, 1.82) is 0 Å². The molecule has 1 aliphatic rings. The molecule has 2 aromatic rings. The van der Waals surface area contributed by atoms with E-state index in [4.69, 9.17) is 0 Å². The lowest BCUT2D eigenvalue weighted by atomic mass is 10.0. The first kappa shape index (κ1) is 11.9. The first-order valence-electron chi connectivity index (χ1n) is 6.38. The highest BCUT2D eigenvalue weighted by atomic mass is 79.9. The van der Waals surface area contributed by atoms with Gasteiger partial charge in [0, 0.05) is 23.9 Å². The lowest BCUT2D eigenvalue weighted by Gasteiger charge is -2.20. The summed E-state index contributed by atoms with van der Waals surface area (Å²) in [5.41, 5.74) is 1.28. The Balaban J connectivity index is 1.87. The second kappa shape index (κ2) is 4.84. The molecule has 0 amide bonds. The van der Waals surface area contributed by atoms with Crippen molar-refractivity contribution in [3.8, 4) is 0 Å². The van der Waals surface area contributed by atoms with E-state index in [1.54, 1.807) is 0 Å². The maximum Gasteiger partial charge on any atom is 0.137 e. The Morgan fingerprint density at radius 2 is 2.28 bits per heavy atom. The molecular formula is C14H16BrN3. The Kier molecular flexibility index (Phi) is 3.20. The van der Waals surface area contributed by atoms with E-state index in [1.807, 2.05) is 6.07 Å². The second-order valence-electron chi connectivity index (χ2n) is 5.09. The van der Waals surface area contributed by atoms with Crippen LogP contribution in [0, 0.1) is 5.92 Å². The number of fused-ring (bicyclic) bond motifs is 1. The molecule has 0 saturated carbocycles. The number of benzene rings is 1. The molecule has 0 aliphatic carbocycles. The van der Waals surface area contributed by atoms with Crippen molar-refractivity contribution < 1.29 is 0 Å². The summed E-state index contributed by atoms with van der Waals surface area (Å²) in [7, 11) is 0. The SMILES string of the molecule is CC1CCc2nnc(Cc3cccc(Br)c3)n2C1. The Morgan fingerprint density at radius 1 is 1.39 bits per heavy atom. The van der Waals surface area contributed by atoms with Gasteiger partial charge in [-0.1, -0.05) is 35.0 Å². The summed E-state index contributed by atoms with van der Waals surface area (Å²) in [6.45, 7) is 3.36. The molecule has 0 bridgehead atoms. The van der Waals surface area contributed by atoms with Crippen molar-refractivity contribution in [2.75, 3.05) is 0 Å². The lowest BCUT2D eigenvalue weighted by Crippen LogP contribution is -2.20. The third-order valence-electron chi connectivity index (χ3n) is 3.51. The number of halogens is 1. The number of aromatic nitrogens is 3. The fourth-order valence-electron chi connectivity index (χ4n) is 2.51. The van der Waals surface area contributed by atoms with Crippen molar-refractivity contribution >= 4 is 15.9 Å². The maximum absolute atomic E-state index is 4.35. The molecule has 1 unspecified atom stereocenters. The van der Waals surface area contributed by atoms with E-state index >= 15 is 0 Å². The molecule has 3 rings (SSSR count). The van der Waals surface area contributed by atoms with E-state index in [9.17, 15) is 0 Å². The molecule has 94 valence electrons. The minimum Gasteiger partial charge on any atom is -0.314 e. The molecule has 0 fully saturated rings. The minimum atomic E-state index is 0.731. The van der Waals surface area contributed by atoms with Gasteiger partial charge in [0.05, 0.1) is 0 Å². The van der Waals surface area contributed by atoms with Crippen molar-refractivity contribution in [3.63, 3.8) is 0 Å². The zero-order chi connectivity index (χ0) is 12.5. The van der Waals surface area contributed by atoms with Crippen LogP contribution in [-0.4, -0.2) is 14.8 Å². The zero-order valence-corrected chi connectivity index (χ0v) is 12.0. The summed E-state index contributed by atoms with van der Waals surface area (Å²) in [5.74, 6) is 2.97. The fourth-order valence-corrected chi connectivity index (χ4v) is 2.95. The number of hydrogen-bond donors (Lipinski definition) is 0. The van der Waals surface area contributed by atoms with Crippen molar-refractivity contribution in [1.82, 2.24) is 14.8 Å². The monoisotopic (exact) mass is 305 g/mol. The Morgan fingerprint density at radius 3 is 3.11 bits per heavy atom. The molecule has 18 heavy (non-hydrogen) atoms. The Bertz CT molecular complexity index is 562. The predicted molar refractivity (Wildman–Crippen MR) is 74.5 cm³/mol. The maximum atomic E-state index is 4.35. The number of nitrogens with zero attached hydrogens (tertiary/aromatic N) is 3. The molecule has 1 aromatic carbocycles. The summed E-state index contributed by atoms with van der Waals surface area (Å²) in [5, 5.41) is 8.67. The van der Waals surface area contributed by atoms with Gasteiger partial charge in [0.2, 0.25) is 0 Å². The summed E-state index contributed by atoms with van der Waals surface area (Å²) in [6, 6.07) is 8.40. The largest absolute Gasteiger partial charge is 0.314 e. The highest BCUT2D eigenvalue weighted by molar-refractivity contribution is 9.10. The van der Waals surface area contributed by atoms with E-state index in [2.05, 4.69) is 55.8 Å². The van der Waals surface area contributed by atoms with E-state index < -0.39 is 0 Å². The highest BCUT2D eigenvalue weighted by Gasteiger charge is 2.19. The minimum absolute atomic E-state index is 0.731. The quantitative estimate of drug-likeness (QED) is 0.853. The summed E-state index contributed by atoms with van der Waals surface area (Å²) in [4.78, 5) is 0. The van der Waals surface area contributed by atoms with Crippen LogP contribution in [0.4, 0.5) is 0 Å². The van der Waals surface area contributed by atoms with Crippen LogP contribution in [0.15, 0.2) is 28.7 Å². The normalized spacial score (nSPS) is 18.7. The molecular weight excluding hydrogens is 290 g/mol. The van der Waals surface area contributed by atoms with Crippen molar-refractivity contribution in [3.05, 3.63) is 46.0 Å².